The predicted octanol–water partition coefficient (Wildman–Crippen LogP) is 2.20. The molecule has 3 atom stereocenters. The van der Waals surface area contributed by atoms with Crippen LogP contribution in [-0.2, 0) is 4.79 Å². The number of fused-ring (bicyclic) bond motifs is 3. The summed E-state index contributed by atoms with van der Waals surface area (Å²) in [7, 11) is 0. The first-order valence-electron chi connectivity index (χ1n) is 9.93. The molecule has 2 fully saturated rings. The topological polar surface area (TPSA) is 73.7 Å². The number of amides is 2. The second-order valence-electron chi connectivity index (χ2n) is 7.98. The first kappa shape index (κ1) is 17.4. The van der Waals surface area contributed by atoms with Crippen LogP contribution >= 0.6 is 0 Å². The number of pyridine rings is 1. The molecular weight excluding hydrogens is 354 g/mol. The van der Waals surface area contributed by atoms with Crippen LogP contribution < -0.4 is 4.90 Å². The normalized spacial score (nSPS) is 25.5. The lowest BCUT2D eigenvalue weighted by atomic mass is 9.71. The van der Waals surface area contributed by atoms with Crippen molar-refractivity contribution in [3.8, 4) is 0 Å². The van der Waals surface area contributed by atoms with Gasteiger partial charge in [0.1, 0.15) is 5.69 Å². The van der Waals surface area contributed by atoms with Crippen molar-refractivity contribution in [2.45, 2.75) is 37.3 Å². The molecule has 28 heavy (non-hydrogen) atoms. The van der Waals surface area contributed by atoms with Gasteiger partial charge in [-0.3, -0.25) is 14.6 Å². The zero-order chi connectivity index (χ0) is 19.3. The molecule has 6 nitrogen and oxygen atoms in total. The quantitative estimate of drug-likeness (QED) is 0.887. The summed E-state index contributed by atoms with van der Waals surface area (Å²) in [6.45, 7) is 0.379. The van der Waals surface area contributed by atoms with E-state index >= 15 is 0 Å². The summed E-state index contributed by atoms with van der Waals surface area (Å²) < 4.78 is 0. The molecule has 0 unspecified atom stereocenters. The highest BCUT2D eigenvalue weighted by Crippen LogP contribution is 2.49. The third-order valence-electron chi connectivity index (χ3n) is 6.26. The minimum atomic E-state index is -0.204. The number of nitrogens with zero attached hydrogens (tertiary/aromatic N) is 3. The van der Waals surface area contributed by atoms with Crippen molar-refractivity contribution < 1.29 is 14.7 Å². The van der Waals surface area contributed by atoms with Gasteiger partial charge in [-0.05, 0) is 42.5 Å². The molecule has 3 aliphatic rings. The smallest absolute Gasteiger partial charge is 0.276 e. The standard InChI is InChI=1S/C22H23N3O3/c26-13-19-21-15-5-1-2-7-17(15)24(22(28)16-6-3-4-10-23-16)12-18(21)25(19)20(27)11-14-8-9-14/h1-7,10,14,18-19,21,26H,8-9,11-13H2/t18-,19+,21+/m1/s1. The number of rotatable bonds is 4. The summed E-state index contributed by atoms with van der Waals surface area (Å²) >= 11 is 0. The lowest BCUT2D eigenvalue weighted by Crippen LogP contribution is -2.70. The molecule has 144 valence electrons. The first-order valence-corrected chi connectivity index (χ1v) is 9.93. The number of para-hydroxylation sites is 1. The van der Waals surface area contributed by atoms with Gasteiger partial charge < -0.3 is 14.9 Å². The summed E-state index contributed by atoms with van der Waals surface area (Å²) in [4.78, 5) is 33.8. The van der Waals surface area contributed by atoms with Crippen molar-refractivity contribution in [2.75, 3.05) is 18.1 Å². The highest BCUT2D eigenvalue weighted by Gasteiger charge is 2.55. The van der Waals surface area contributed by atoms with Crippen LogP contribution in [0.3, 0.4) is 0 Å². The molecule has 1 N–H and O–H groups in total. The van der Waals surface area contributed by atoms with Crippen LogP contribution in [0.25, 0.3) is 0 Å². The summed E-state index contributed by atoms with van der Waals surface area (Å²) in [5.41, 5.74) is 2.27. The van der Waals surface area contributed by atoms with E-state index in [9.17, 15) is 14.7 Å². The van der Waals surface area contributed by atoms with Gasteiger partial charge in [-0.2, -0.15) is 0 Å². The Kier molecular flexibility index (Phi) is 4.16. The van der Waals surface area contributed by atoms with E-state index in [2.05, 4.69) is 4.98 Å². The molecule has 1 aromatic carbocycles. The molecule has 2 aromatic rings. The van der Waals surface area contributed by atoms with Crippen LogP contribution in [0.15, 0.2) is 48.7 Å². The van der Waals surface area contributed by atoms with Crippen LogP contribution in [0.2, 0.25) is 0 Å². The maximum absolute atomic E-state index is 13.2. The number of benzene rings is 1. The monoisotopic (exact) mass is 377 g/mol. The lowest BCUT2D eigenvalue weighted by Gasteiger charge is -2.59. The van der Waals surface area contributed by atoms with Crippen molar-refractivity contribution in [1.29, 1.82) is 0 Å². The maximum atomic E-state index is 13.2. The fourth-order valence-corrected chi connectivity index (χ4v) is 4.73. The number of carbonyl (C=O) groups is 2. The molecule has 3 heterocycles. The number of carbonyl (C=O) groups excluding carboxylic acids is 2. The Morgan fingerprint density at radius 1 is 1.11 bits per heavy atom. The van der Waals surface area contributed by atoms with E-state index in [1.807, 2.05) is 29.2 Å². The molecule has 1 saturated carbocycles. The Morgan fingerprint density at radius 2 is 1.89 bits per heavy atom. The number of aliphatic hydroxyl groups excluding tert-OH is 1. The van der Waals surface area contributed by atoms with E-state index in [-0.39, 0.29) is 36.4 Å². The van der Waals surface area contributed by atoms with E-state index < -0.39 is 0 Å². The minimum Gasteiger partial charge on any atom is -0.394 e. The number of aliphatic hydroxyl groups is 1. The van der Waals surface area contributed by atoms with Crippen molar-refractivity contribution in [3.63, 3.8) is 0 Å². The highest BCUT2D eigenvalue weighted by atomic mass is 16.3. The number of hydrogen-bond donors (Lipinski definition) is 1. The van der Waals surface area contributed by atoms with E-state index in [4.69, 9.17) is 0 Å². The van der Waals surface area contributed by atoms with Gasteiger partial charge in [0.25, 0.3) is 5.91 Å². The Labute approximate surface area is 163 Å². The van der Waals surface area contributed by atoms with Gasteiger partial charge >= 0.3 is 0 Å². The molecule has 1 aromatic heterocycles. The van der Waals surface area contributed by atoms with E-state index in [1.54, 1.807) is 29.3 Å². The van der Waals surface area contributed by atoms with E-state index in [0.29, 0.717) is 24.6 Å². The van der Waals surface area contributed by atoms with Gasteiger partial charge in [0, 0.05) is 30.8 Å². The minimum absolute atomic E-state index is 0.0555. The zero-order valence-electron chi connectivity index (χ0n) is 15.6. The Morgan fingerprint density at radius 3 is 2.61 bits per heavy atom. The average molecular weight is 377 g/mol. The van der Waals surface area contributed by atoms with Gasteiger partial charge in [-0.15, -0.1) is 0 Å². The number of hydrogen-bond acceptors (Lipinski definition) is 4. The predicted molar refractivity (Wildman–Crippen MR) is 104 cm³/mol. The summed E-state index contributed by atoms with van der Waals surface area (Å²) in [5, 5.41) is 9.99. The molecule has 2 aliphatic heterocycles. The molecule has 2 amide bonds. The SMILES string of the molecule is O=C(c1ccccn1)N1C[C@@H]2[C@H](c3ccccc31)[C@H](CO)N2C(=O)CC1CC1. The van der Waals surface area contributed by atoms with Crippen molar-refractivity contribution >= 4 is 17.5 Å². The number of likely N-dealkylation sites (tertiary alicyclic amines) is 1. The Hall–Kier alpha value is -2.73. The molecule has 5 rings (SSSR count). The third kappa shape index (κ3) is 2.71. The first-order chi connectivity index (χ1) is 13.7. The van der Waals surface area contributed by atoms with Crippen LogP contribution in [0.1, 0.15) is 41.2 Å². The molecule has 1 aliphatic carbocycles. The number of aromatic nitrogens is 1. The summed E-state index contributed by atoms with van der Waals surface area (Å²) in [6, 6.07) is 12.8. The largest absolute Gasteiger partial charge is 0.394 e. The van der Waals surface area contributed by atoms with Crippen LogP contribution in [0.5, 0.6) is 0 Å². The van der Waals surface area contributed by atoms with E-state index in [0.717, 1.165) is 24.1 Å². The van der Waals surface area contributed by atoms with Gasteiger partial charge in [-0.1, -0.05) is 24.3 Å². The summed E-state index contributed by atoms with van der Waals surface area (Å²) in [5.74, 6) is 0.506. The molecule has 1 saturated heterocycles. The molecule has 0 bridgehead atoms. The maximum Gasteiger partial charge on any atom is 0.276 e. The Balaban J connectivity index is 1.49. The molecule has 0 spiro atoms. The summed E-state index contributed by atoms with van der Waals surface area (Å²) in [6.07, 6.45) is 4.40. The van der Waals surface area contributed by atoms with Crippen molar-refractivity contribution in [2.24, 2.45) is 5.92 Å². The van der Waals surface area contributed by atoms with Crippen LogP contribution in [0.4, 0.5) is 5.69 Å². The van der Waals surface area contributed by atoms with Crippen molar-refractivity contribution in [1.82, 2.24) is 9.88 Å². The van der Waals surface area contributed by atoms with Gasteiger partial charge in [0.2, 0.25) is 5.91 Å². The van der Waals surface area contributed by atoms with Crippen LogP contribution in [-0.4, -0.2) is 52.0 Å². The highest BCUT2D eigenvalue weighted by molar-refractivity contribution is 6.06. The van der Waals surface area contributed by atoms with Gasteiger partial charge in [0.05, 0.1) is 18.7 Å². The third-order valence-corrected chi connectivity index (χ3v) is 6.26. The van der Waals surface area contributed by atoms with Gasteiger partial charge in [0.15, 0.2) is 0 Å². The van der Waals surface area contributed by atoms with Crippen molar-refractivity contribution in [3.05, 3.63) is 59.9 Å². The molecular formula is C22H23N3O3. The fraction of sp³-hybridized carbons (Fsp3) is 0.409. The van der Waals surface area contributed by atoms with Crippen LogP contribution in [0, 0.1) is 5.92 Å². The van der Waals surface area contributed by atoms with E-state index in [1.165, 1.54) is 0 Å². The fourth-order valence-electron chi connectivity index (χ4n) is 4.73. The van der Waals surface area contributed by atoms with Gasteiger partial charge in [-0.25, -0.2) is 0 Å². The second kappa shape index (κ2) is 6.71. The molecule has 6 heteroatoms. The second-order valence-corrected chi connectivity index (χ2v) is 7.98. The lowest BCUT2D eigenvalue weighted by molar-refractivity contribution is -0.150. The zero-order valence-corrected chi connectivity index (χ0v) is 15.6. The Bertz CT molecular complexity index is 912. The number of anilines is 1. The molecule has 0 radical (unpaired) electrons. The average Bonchev–Trinajstić information content (AvgIpc) is 3.52.